The third kappa shape index (κ3) is 2.92. The summed E-state index contributed by atoms with van der Waals surface area (Å²) in [5, 5.41) is 15.8. The molecule has 3 aromatic rings. The number of fused-ring (bicyclic) bond motifs is 2. The van der Waals surface area contributed by atoms with Gasteiger partial charge in [-0.05, 0) is 39.8 Å². The number of aliphatic hydroxyl groups excluding tert-OH is 1. The molecule has 3 N–H and O–H groups in total. The summed E-state index contributed by atoms with van der Waals surface area (Å²) in [5.41, 5.74) is 5.47. The number of anilines is 1. The highest BCUT2D eigenvalue weighted by molar-refractivity contribution is 6.01. The molecule has 1 aromatic carbocycles. The second kappa shape index (κ2) is 6.31. The number of nitrogens with zero attached hydrogens (tertiary/aromatic N) is 3. The summed E-state index contributed by atoms with van der Waals surface area (Å²) in [6.45, 7) is 8.06. The van der Waals surface area contributed by atoms with Gasteiger partial charge in [-0.25, -0.2) is 9.97 Å². The summed E-state index contributed by atoms with van der Waals surface area (Å²) in [6, 6.07) is 7.36. The predicted octanol–water partition coefficient (Wildman–Crippen LogP) is 2.93. The number of amides is 1. The minimum Gasteiger partial charge on any atom is -0.394 e. The Morgan fingerprint density at radius 3 is 2.68 bits per heavy atom. The van der Waals surface area contributed by atoms with Crippen LogP contribution >= 0.6 is 0 Å². The summed E-state index contributed by atoms with van der Waals surface area (Å²) in [7, 11) is 1.91. The van der Waals surface area contributed by atoms with Gasteiger partial charge in [0.05, 0.1) is 40.8 Å². The third-order valence-electron chi connectivity index (χ3n) is 4.98. The molecule has 146 valence electrons. The number of carbonyl (C=O) groups is 1. The van der Waals surface area contributed by atoms with Gasteiger partial charge in [0.2, 0.25) is 0 Å². The van der Waals surface area contributed by atoms with Crippen molar-refractivity contribution in [2.75, 3.05) is 11.9 Å². The molecule has 28 heavy (non-hydrogen) atoms. The van der Waals surface area contributed by atoms with Crippen LogP contribution in [0.1, 0.15) is 48.6 Å². The van der Waals surface area contributed by atoms with Crippen LogP contribution < -0.4 is 10.6 Å². The van der Waals surface area contributed by atoms with Crippen LogP contribution in [0.2, 0.25) is 0 Å². The number of aromatic nitrogens is 3. The van der Waals surface area contributed by atoms with Crippen molar-refractivity contribution in [3.05, 3.63) is 41.2 Å². The predicted molar refractivity (Wildman–Crippen MR) is 109 cm³/mol. The molecule has 0 spiro atoms. The molecule has 0 unspecified atom stereocenters. The first-order valence-corrected chi connectivity index (χ1v) is 9.37. The zero-order chi connectivity index (χ0) is 20.2. The lowest BCUT2D eigenvalue weighted by atomic mass is 10.1. The van der Waals surface area contributed by atoms with Gasteiger partial charge in [-0.3, -0.25) is 4.79 Å². The van der Waals surface area contributed by atoms with Gasteiger partial charge >= 0.3 is 0 Å². The molecule has 3 heterocycles. The van der Waals surface area contributed by atoms with Gasteiger partial charge in [0.15, 0.2) is 0 Å². The van der Waals surface area contributed by atoms with E-state index < -0.39 is 0 Å². The van der Waals surface area contributed by atoms with E-state index in [-0.39, 0.29) is 24.1 Å². The SMILES string of the molecule is Cc1nc2cccc(-c3cc4c(n3C)[C@@H](CO)NC4=O)c2nc1NC(C)(C)C. The fourth-order valence-electron chi connectivity index (χ4n) is 3.76. The van der Waals surface area contributed by atoms with Gasteiger partial charge in [0, 0.05) is 18.2 Å². The van der Waals surface area contributed by atoms with E-state index in [1.165, 1.54) is 0 Å². The van der Waals surface area contributed by atoms with Crippen molar-refractivity contribution in [2.24, 2.45) is 7.05 Å². The van der Waals surface area contributed by atoms with E-state index in [0.717, 1.165) is 39.5 Å². The molecule has 0 aliphatic carbocycles. The molecule has 1 atom stereocenters. The minimum atomic E-state index is -0.386. The topological polar surface area (TPSA) is 92.1 Å². The van der Waals surface area contributed by atoms with Crippen LogP contribution in [0.3, 0.4) is 0 Å². The summed E-state index contributed by atoms with van der Waals surface area (Å²) < 4.78 is 1.96. The normalized spacial score (nSPS) is 16.4. The molecule has 1 aliphatic rings. The third-order valence-corrected chi connectivity index (χ3v) is 4.98. The van der Waals surface area contributed by atoms with Crippen LogP contribution in [0.15, 0.2) is 24.3 Å². The monoisotopic (exact) mass is 379 g/mol. The Morgan fingerprint density at radius 1 is 1.25 bits per heavy atom. The number of para-hydroxylation sites is 1. The van der Waals surface area contributed by atoms with Crippen molar-refractivity contribution in [2.45, 2.75) is 39.3 Å². The lowest BCUT2D eigenvalue weighted by Crippen LogP contribution is -2.27. The number of rotatable bonds is 3. The van der Waals surface area contributed by atoms with Crippen LogP contribution in [-0.2, 0) is 7.05 Å². The molecule has 7 heteroatoms. The fourth-order valence-corrected chi connectivity index (χ4v) is 3.76. The van der Waals surface area contributed by atoms with Crippen molar-refractivity contribution in [3.8, 4) is 11.3 Å². The first-order valence-electron chi connectivity index (χ1n) is 9.37. The Morgan fingerprint density at radius 2 is 2.00 bits per heavy atom. The number of nitrogens with one attached hydrogen (secondary N) is 2. The molecule has 7 nitrogen and oxygen atoms in total. The number of hydrogen-bond donors (Lipinski definition) is 3. The fraction of sp³-hybridized carbons (Fsp3) is 0.381. The molecule has 0 saturated heterocycles. The Bertz CT molecular complexity index is 1090. The van der Waals surface area contributed by atoms with Gasteiger partial charge < -0.3 is 20.3 Å². The molecule has 0 bridgehead atoms. The first kappa shape index (κ1) is 18.4. The highest BCUT2D eigenvalue weighted by atomic mass is 16.3. The zero-order valence-corrected chi connectivity index (χ0v) is 16.8. The molecule has 0 radical (unpaired) electrons. The van der Waals surface area contributed by atoms with Crippen LogP contribution in [0, 0.1) is 6.92 Å². The van der Waals surface area contributed by atoms with Crippen LogP contribution in [0.5, 0.6) is 0 Å². The summed E-state index contributed by atoms with van der Waals surface area (Å²) in [6.07, 6.45) is 0. The van der Waals surface area contributed by atoms with Crippen molar-refractivity contribution in [1.29, 1.82) is 0 Å². The highest BCUT2D eigenvalue weighted by Gasteiger charge is 2.33. The van der Waals surface area contributed by atoms with E-state index in [2.05, 4.69) is 31.4 Å². The van der Waals surface area contributed by atoms with E-state index in [4.69, 9.17) is 9.97 Å². The molecule has 1 aliphatic heterocycles. The molecule has 2 aromatic heterocycles. The van der Waals surface area contributed by atoms with Gasteiger partial charge in [0.1, 0.15) is 11.3 Å². The Labute approximate surface area is 163 Å². The Balaban J connectivity index is 1.92. The van der Waals surface area contributed by atoms with Gasteiger partial charge in [0.25, 0.3) is 5.91 Å². The average Bonchev–Trinajstić information content (AvgIpc) is 3.12. The number of benzene rings is 1. The maximum Gasteiger partial charge on any atom is 0.253 e. The number of aryl methyl sites for hydroxylation is 1. The van der Waals surface area contributed by atoms with Crippen molar-refractivity contribution < 1.29 is 9.90 Å². The molecule has 0 fully saturated rings. The second-order valence-corrected chi connectivity index (χ2v) is 8.30. The minimum absolute atomic E-state index is 0.135. The lowest BCUT2D eigenvalue weighted by molar-refractivity contribution is 0.0941. The second-order valence-electron chi connectivity index (χ2n) is 8.30. The standard InChI is InChI=1S/C21H25N5O2/c1-11-19(25-21(2,3)4)24-17-12(7-6-8-14(17)22-11)16-9-13-18(26(16)5)15(10-27)23-20(13)28/h6-9,15,27H,10H2,1-5H3,(H,23,28)(H,24,25)/t15-/m1/s1. The average molecular weight is 379 g/mol. The van der Waals surface area contributed by atoms with Crippen LogP contribution in [-0.4, -0.2) is 37.7 Å². The largest absolute Gasteiger partial charge is 0.394 e. The lowest BCUT2D eigenvalue weighted by Gasteiger charge is -2.22. The van der Waals surface area contributed by atoms with E-state index in [1.54, 1.807) is 0 Å². The van der Waals surface area contributed by atoms with Crippen molar-refractivity contribution >= 4 is 22.8 Å². The molecule has 0 saturated carbocycles. The summed E-state index contributed by atoms with van der Waals surface area (Å²) >= 11 is 0. The summed E-state index contributed by atoms with van der Waals surface area (Å²) in [4.78, 5) is 21.9. The van der Waals surface area contributed by atoms with Gasteiger partial charge in [-0.1, -0.05) is 12.1 Å². The Kier molecular flexibility index (Phi) is 4.15. The van der Waals surface area contributed by atoms with E-state index in [9.17, 15) is 9.90 Å². The van der Waals surface area contributed by atoms with Crippen LogP contribution in [0.4, 0.5) is 5.82 Å². The molecular formula is C21H25N5O2. The first-order chi connectivity index (χ1) is 13.2. The van der Waals surface area contributed by atoms with Crippen LogP contribution in [0.25, 0.3) is 22.3 Å². The van der Waals surface area contributed by atoms with E-state index >= 15 is 0 Å². The van der Waals surface area contributed by atoms with Gasteiger partial charge in [-0.15, -0.1) is 0 Å². The summed E-state index contributed by atoms with van der Waals surface area (Å²) in [5.74, 6) is 0.591. The number of carbonyl (C=O) groups excluding carboxylic acids is 1. The maximum absolute atomic E-state index is 12.3. The maximum atomic E-state index is 12.3. The zero-order valence-electron chi connectivity index (χ0n) is 16.8. The van der Waals surface area contributed by atoms with Crippen molar-refractivity contribution in [3.63, 3.8) is 0 Å². The quantitative estimate of drug-likeness (QED) is 0.651. The van der Waals surface area contributed by atoms with Crippen molar-refractivity contribution in [1.82, 2.24) is 19.9 Å². The van der Waals surface area contributed by atoms with E-state index in [1.807, 2.05) is 42.8 Å². The molecule has 4 rings (SSSR count). The highest BCUT2D eigenvalue weighted by Crippen LogP contribution is 2.35. The smallest absolute Gasteiger partial charge is 0.253 e. The van der Waals surface area contributed by atoms with E-state index in [0.29, 0.717) is 5.56 Å². The molecular weight excluding hydrogens is 354 g/mol. The molecule has 1 amide bonds. The Hall–Kier alpha value is -2.93. The van der Waals surface area contributed by atoms with Gasteiger partial charge in [-0.2, -0.15) is 0 Å². The number of aliphatic hydroxyl groups is 1. The number of hydrogen-bond acceptors (Lipinski definition) is 5.